The van der Waals surface area contributed by atoms with Crippen molar-refractivity contribution in [3.8, 4) is 6.07 Å². The topological polar surface area (TPSA) is 35.8 Å². The van der Waals surface area contributed by atoms with E-state index in [1.807, 2.05) is 11.3 Å². The van der Waals surface area contributed by atoms with E-state index >= 15 is 0 Å². The fraction of sp³-hybridized carbons (Fsp3) is 0.500. The van der Waals surface area contributed by atoms with Crippen LogP contribution in [-0.2, 0) is 6.54 Å². The van der Waals surface area contributed by atoms with Crippen molar-refractivity contribution in [3.05, 3.63) is 21.4 Å². The Morgan fingerprint density at radius 1 is 1.54 bits per heavy atom. The number of hydrogen-bond donors (Lipinski definition) is 1. The van der Waals surface area contributed by atoms with Crippen molar-refractivity contribution >= 4 is 11.3 Å². The van der Waals surface area contributed by atoms with Crippen molar-refractivity contribution in [2.75, 3.05) is 6.54 Å². The van der Waals surface area contributed by atoms with E-state index in [2.05, 4.69) is 31.3 Å². The van der Waals surface area contributed by atoms with Gasteiger partial charge in [0, 0.05) is 29.3 Å². The summed E-state index contributed by atoms with van der Waals surface area (Å²) in [6.45, 7) is 5.94. The highest BCUT2D eigenvalue weighted by molar-refractivity contribution is 7.12. The van der Waals surface area contributed by atoms with Crippen LogP contribution in [0.15, 0.2) is 6.07 Å². The summed E-state index contributed by atoms with van der Waals surface area (Å²) in [7, 11) is 0. The minimum absolute atomic E-state index is 0.587. The molecule has 0 saturated carbocycles. The molecular formula is C10H14N2S. The quantitative estimate of drug-likeness (QED) is 0.747. The van der Waals surface area contributed by atoms with E-state index in [0.29, 0.717) is 6.42 Å². The van der Waals surface area contributed by atoms with E-state index in [1.54, 1.807) is 0 Å². The molecule has 0 saturated heterocycles. The normalized spacial score (nSPS) is 9.92. The lowest BCUT2D eigenvalue weighted by Crippen LogP contribution is -2.13. The Morgan fingerprint density at radius 2 is 2.31 bits per heavy atom. The highest BCUT2D eigenvalue weighted by Gasteiger charge is 1.99. The molecule has 0 amide bonds. The molecule has 1 aromatic heterocycles. The van der Waals surface area contributed by atoms with E-state index in [1.165, 1.54) is 15.3 Å². The third-order valence-electron chi connectivity index (χ3n) is 1.93. The van der Waals surface area contributed by atoms with Gasteiger partial charge in [-0.05, 0) is 25.5 Å². The second kappa shape index (κ2) is 5.00. The molecule has 13 heavy (non-hydrogen) atoms. The van der Waals surface area contributed by atoms with Crippen molar-refractivity contribution in [2.24, 2.45) is 0 Å². The van der Waals surface area contributed by atoms with Gasteiger partial charge in [-0.3, -0.25) is 0 Å². The Bertz CT molecular complexity index is 290. The second-order valence-electron chi connectivity index (χ2n) is 3.04. The molecule has 0 fully saturated rings. The van der Waals surface area contributed by atoms with E-state index in [-0.39, 0.29) is 0 Å². The van der Waals surface area contributed by atoms with Gasteiger partial charge in [0.15, 0.2) is 0 Å². The van der Waals surface area contributed by atoms with Crippen molar-refractivity contribution in [1.82, 2.24) is 5.32 Å². The first kappa shape index (κ1) is 10.2. The van der Waals surface area contributed by atoms with Gasteiger partial charge in [0.2, 0.25) is 0 Å². The smallest absolute Gasteiger partial charge is 0.0635 e. The van der Waals surface area contributed by atoms with Crippen molar-refractivity contribution in [1.29, 1.82) is 5.26 Å². The van der Waals surface area contributed by atoms with Crippen LogP contribution in [0.3, 0.4) is 0 Å². The van der Waals surface area contributed by atoms with Gasteiger partial charge in [-0.2, -0.15) is 5.26 Å². The third kappa shape index (κ3) is 3.17. The predicted molar refractivity (Wildman–Crippen MR) is 55.7 cm³/mol. The first-order chi connectivity index (χ1) is 6.24. The zero-order valence-corrected chi connectivity index (χ0v) is 8.87. The first-order valence-corrected chi connectivity index (χ1v) is 5.19. The molecule has 2 nitrogen and oxygen atoms in total. The molecule has 1 aromatic rings. The van der Waals surface area contributed by atoms with Gasteiger partial charge in [-0.1, -0.05) is 0 Å². The summed E-state index contributed by atoms with van der Waals surface area (Å²) in [4.78, 5) is 2.74. The van der Waals surface area contributed by atoms with Crippen LogP contribution in [0.2, 0.25) is 0 Å². The number of rotatable bonds is 4. The molecule has 0 bridgehead atoms. The Balaban J connectivity index is 2.34. The maximum Gasteiger partial charge on any atom is 0.0635 e. The van der Waals surface area contributed by atoms with Gasteiger partial charge in [-0.25, -0.2) is 0 Å². The largest absolute Gasteiger partial charge is 0.311 e. The minimum Gasteiger partial charge on any atom is -0.311 e. The van der Waals surface area contributed by atoms with Crippen LogP contribution in [0.1, 0.15) is 21.7 Å². The molecule has 1 rings (SSSR count). The fourth-order valence-electron chi connectivity index (χ4n) is 1.09. The zero-order valence-electron chi connectivity index (χ0n) is 8.05. The summed E-state index contributed by atoms with van der Waals surface area (Å²) in [5, 5.41) is 11.6. The van der Waals surface area contributed by atoms with E-state index in [4.69, 9.17) is 5.26 Å². The molecule has 0 aliphatic carbocycles. The summed E-state index contributed by atoms with van der Waals surface area (Å²) >= 11 is 1.83. The van der Waals surface area contributed by atoms with Gasteiger partial charge in [-0.15, -0.1) is 11.3 Å². The van der Waals surface area contributed by atoms with Crippen LogP contribution in [0, 0.1) is 25.2 Å². The highest BCUT2D eigenvalue weighted by atomic mass is 32.1. The van der Waals surface area contributed by atoms with Gasteiger partial charge < -0.3 is 5.32 Å². The Labute approximate surface area is 83.2 Å². The highest BCUT2D eigenvalue weighted by Crippen LogP contribution is 2.19. The Hall–Kier alpha value is -0.850. The number of hydrogen-bond acceptors (Lipinski definition) is 3. The van der Waals surface area contributed by atoms with E-state index in [0.717, 1.165) is 13.1 Å². The summed E-state index contributed by atoms with van der Waals surface area (Å²) in [5.74, 6) is 0. The Morgan fingerprint density at radius 3 is 2.85 bits per heavy atom. The Kier molecular flexibility index (Phi) is 3.94. The maximum absolute atomic E-state index is 8.32. The van der Waals surface area contributed by atoms with Gasteiger partial charge in [0.05, 0.1) is 6.07 Å². The maximum atomic E-state index is 8.32. The zero-order chi connectivity index (χ0) is 9.68. The number of nitriles is 1. The molecule has 0 atom stereocenters. The van der Waals surface area contributed by atoms with Gasteiger partial charge >= 0.3 is 0 Å². The van der Waals surface area contributed by atoms with Crippen LogP contribution < -0.4 is 5.32 Å². The first-order valence-electron chi connectivity index (χ1n) is 4.37. The van der Waals surface area contributed by atoms with Gasteiger partial charge in [0.25, 0.3) is 0 Å². The molecule has 0 aliphatic rings. The van der Waals surface area contributed by atoms with Crippen LogP contribution >= 0.6 is 11.3 Å². The third-order valence-corrected chi connectivity index (χ3v) is 3.08. The molecule has 0 aromatic carbocycles. The summed E-state index contributed by atoms with van der Waals surface area (Å²) < 4.78 is 0. The molecule has 0 aliphatic heterocycles. The number of aryl methyl sites for hydroxylation is 2. The molecule has 1 heterocycles. The number of nitrogens with one attached hydrogen (secondary N) is 1. The molecule has 0 radical (unpaired) electrons. The molecular weight excluding hydrogens is 180 g/mol. The fourth-order valence-corrected chi connectivity index (χ4v) is 2.12. The monoisotopic (exact) mass is 194 g/mol. The minimum atomic E-state index is 0.587. The molecule has 3 heteroatoms. The number of nitrogens with zero attached hydrogens (tertiary/aromatic N) is 1. The van der Waals surface area contributed by atoms with Crippen molar-refractivity contribution in [3.63, 3.8) is 0 Å². The summed E-state index contributed by atoms with van der Waals surface area (Å²) in [6, 6.07) is 4.32. The lowest BCUT2D eigenvalue weighted by molar-refractivity contribution is 0.706. The van der Waals surface area contributed by atoms with Gasteiger partial charge in [0.1, 0.15) is 0 Å². The molecule has 0 spiro atoms. The van der Waals surface area contributed by atoms with Crippen LogP contribution in [0.4, 0.5) is 0 Å². The van der Waals surface area contributed by atoms with E-state index < -0.39 is 0 Å². The van der Waals surface area contributed by atoms with Crippen LogP contribution in [0.5, 0.6) is 0 Å². The van der Waals surface area contributed by atoms with E-state index in [9.17, 15) is 0 Å². The summed E-state index contributed by atoms with van der Waals surface area (Å²) in [6.07, 6.45) is 0.587. The number of thiophene rings is 1. The average molecular weight is 194 g/mol. The standard InChI is InChI=1S/C10H14N2S/c1-8-6-10(13-9(8)2)7-12-5-3-4-11/h6,12H,3,5,7H2,1-2H3. The summed E-state index contributed by atoms with van der Waals surface area (Å²) in [5.41, 5.74) is 1.36. The van der Waals surface area contributed by atoms with Crippen LogP contribution in [-0.4, -0.2) is 6.54 Å². The lowest BCUT2D eigenvalue weighted by Gasteiger charge is -1.97. The van der Waals surface area contributed by atoms with Crippen molar-refractivity contribution in [2.45, 2.75) is 26.8 Å². The van der Waals surface area contributed by atoms with Crippen molar-refractivity contribution < 1.29 is 0 Å². The lowest BCUT2D eigenvalue weighted by atomic mass is 10.3. The second-order valence-corrected chi connectivity index (χ2v) is 4.38. The molecule has 1 N–H and O–H groups in total. The predicted octanol–water partition coefficient (Wildman–Crippen LogP) is 2.37. The molecule has 70 valence electrons. The SMILES string of the molecule is Cc1cc(CNCCC#N)sc1C. The molecule has 0 unspecified atom stereocenters. The van der Waals surface area contributed by atoms with Crippen LogP contribution in [0.25, 0.3) is 0 Å². The average Bonchev–Trinajstić information content (AvgIpc) is 2.41.